The van der Waals surface area contributed by atoms with Crippen LogP contribution >= 0.6 is 11.3 Å². The Hall–Kier alpha value is -2.33. The van der Waals surface area contributed by atoms with E-state index in [1.807, 2.05) is 12.1 Å². The molecule has 1 aliphatic heterocycles. The quantitative estimate of drug-likeness (QED) is 0.634. The van der Waals surface area contributed by atoms with Gasteiger partial charge >= 0.3 is 6.18 Å². The standard InChI is InChI=1S/C17H13F3N2O3S2/c1-10-15(9-14(26-10)12-8-16(25-21-12)17(18,19)20)27(23,24)22-7-6-11-4-2-3-5-13(11)22/h2-5,8-9H,6-7H2,1H3. The number of thiophene rings is 1. The van der Waals surface area contributed by atoms with Crippen LogP contribution in [0.3, 0.4) is 0 Å². The van der Waals surface area contributed by atoms with Crippen molar-refractivity contribution < 1.29 is 26.1 Å². The average Bonchev–Trinajstić information content (AvgIpc) is 3.31. The van der Waals surface area contributed by atoms with E-state index in [2.05, 4.69) is 9.68 Å². The number of aryl methyl sites for hydroxylation is 1. The van der Waals surface area contributed by atoms with Crippen LogP contribution in [0.25, 0.3) is 10.6 Å². The minimum Gasteiger partial charge on any atom is -0.351 e. The van der Waals surface area contributed by atoms with E-state index in [0.717, 1.165) is 23.0 Å². The predicted octanol–water partition coefficient (Wildman–Crippen LogP) is 4.48. The number of fused-ring (bicyclic) bond motifs is 1. The number of hydrogen-bond acceptors (Lipinski definition) is 5. The van der Waals surface area contributed by atoms with Crippen molar-refractivity contribution in [1.29, 1.82) is 0 Å². The third-order valence-corrected chi connectivity index (χ3v) is 7.47. The van der Waals surface area contributed by atoms with Gasteiger partial charge < -0.3 is 4.52 Å². The largest absolute Gasteiger partial charge is 0.452 e. The van der Waals surface area contributed by atoms with Gasteiger partial charge in [0, 0.05) is 17.5 Å². The first-order valence-electron chi connectivity index (χ1n) is 7.93. The molecule has 3 aromatic rings. The van der Waals surface area contributed by atoms with E-state index in [0.29, 0.717) is 28.4 Å². The number of rotatable bonds is 3. The fourth-order valence-electron chi connectivity index (χ4n) is 3.05. The average molecular weight is 414 g/mol. The number of hydrogen-bond donors (Lipinski definition) is 0. The van der Waals surface area contributed by atoms with Crippen LogP contribution in [-0.2, 0) is 22.6 Å². The Balaban J connectivity index is 1.73. The van der Waals surface area contributed by atoms with Crippen molar-refractivity contribution in [3.63, 3.8) is 0 Å². The number of anilines is 1. The molecule has 4 rings (SSSR count). The third kappa shape index (κ3) is 3.02. The summed E-state index contributed by atoms with van der Waals surface area (Å²) >= 11 is 1.06. The number of halogens is 3. The molecule has 3 heterocycles. The zero-order valence-corrected chi connectivity index (χ0v) is 15.6. The summed E-state index contributed by atoms with van der Waals surface area (Å²) in [6.45, 7) is 1.95. The first kappa shape index (κ1) is 18.1. The van der Waals surface area contributed by atoms with Gasteiger partial charge in [-0.2, -0.15) is 13.2 Å². The first-order chi connectivity index (χ1) is 12.7. The van der Waals surface area contributed by atoms with E-state index in [-0.39, 0.29) is 10.6 Å². The second kappa shape index (κ2) is 6.10. The Kier molecular flexibility index (Phi) is 4.08. The maximum Gasteiger partial charge on any atom is 0.452 e. The Morgan fingerprint density at radius 3 is 2.67 bits per heavy atom. The molecular weight excluding hydrogens is 401 g/mol. The molecule has 1 aliphatic rings. The van der Waals surface area contributed by atoms with Gasteiger partial charge in [0.15, 0.2) is 0 Å². The molecule has 0 bridgehead atoms. The zero-order chi connectivity index (χ0) is 19.4. The predicted molar refractivity (Wildman–Crippen MR) is 94.2 cm³/mol. The third-order valence-electron chi connectivity index (χ3n) is 4.33. The van der Waals surface area contributed by atoms with Crippen molar-refractivity contribution in [2.45, 2.75) is 24.4 Å². The first-order valence-corrected chi connectivity index (χ1v) is 10.2. The fraction of sp³-hybridized carbons (Fsp3) is 0.235. The summed E-state index contributed by atoms with van der Waals surface area (Å²) in [5.74, 6) is -1.22. The molecule has 0 unspecified atom stereocenters. The Morgan fingerprint density at radius 1 is 1.22 bits per heavy atom. The van der Waals surface area contributed by atoms with Crippen LogP contribution in [0.1, 0.15) is 16.2 Å². The second-order valence-corrected chi connectivity index (χ2v) is 9.15. The van der Waals surface area contributed by atoms with Gasteiger partial charge in [-0.05, 0) is 31.0 Å². The van der Waals surface area contributed by atoms with Gasteiger partial charge in [-0.25, -0.2) is 8.42 Å². The van der Waals surface area contributed by atoms with Crippen LogP contribution in [0, 0.1) is 6.92 Å². The van der Waals surface area contributed by atoms with Crippen molar-refractivity contribution in [2.75, 3.05) is 10.8 Å². The summed E-state index contributed by atoms with van der Waals surface area (Å²) in [6, 6.07) is 9.37. The molecular formula is C17H13F3N2O3S2. The molecule has 0 radical (unpaired) electrons. The summed E-state index contributed by atoms with van der Waals surface area (Å²) in [6.07, 6.45) is -4.03. The van der Waals surface area contributed by atoms with Gasteiger partial charge in [0.2, 0.25) is 5.76 Å². The summed E-state index contributed by atoms with van der Waals surface area (Å²) in [5, 5.41) is 3.43. The monoisotopic (exact) mass is 414 g/mol. The van der Waals surface area contributed by atoms with Gasteiger partial charge in [0.25, 0.3) is 10.0 Å². The molecule has 0 saturated carbocycles. The van der Waals surface area contributed by atoms with E-state index in [1.54, 1.807) is 19.1 Å². The molecule has 27 heavy (non-hydrogen) atoms. The van der Waals surface area contributed by atoms with Crippen LogP contribution in [0.15, 0.2) is 45.8 Å². The molecule has 0 spiro atoms. The Bertz CT molecular complexity index is 1120. The fourth-order valence-corrected chi connectivity index (χ4v) is 6.07. The highest BCUT2D eigenvalue weighted by atomic mass is 32.2. The number of benzene rings is 1. The summed E-state index contributed by atoms with van der Waals surface area (Å²) in [4.78, 5) is 0.847. The van der Waals surface area contributed by atoms with Crippen molar-refractivity contribution in [1.82, 2.24) is 5.16 Å². The van der Waals surface area contributed by atoms with Crippen molar-refractivity contribution in [3.8, 4) is 10.6 Å². The number of nitrogens with zero attached hydrogens (tertiary/aromatic N) is 2. The summed E-state index contributed by atoms with van der Waals surface area (Å²) in [5.41, 5.74) is 1.53. The Labute approximate surface area is 157 Å². The van der Waals surface area contributed by atoms with Crippen LogP contribution in [0.5, 0.6) is 0 Å². The number of sulfonamides is 1. The molecule has 0 N–H and O–H groups in total. The van der Waals surface area contributed by atoms with Crippen molar-refractivity contribution >= 4 is 27.0 Å². The minimum absolute atomic E-state index is 0.0429. The zero-order valence-electron chi connectivity index (χ0n) is 13.9. The number of para-hydroxylation sites is 1. The van der Waals surface area contributed by atoms with Crippen LogP contribution in [-0.4, -0.2) is 20.1 Å². The lowest BCUT2D eigenvalue weighted by atomic mass is 10.2. The van der Waals surface area contributed by atoms with E-state index >= 15 is 0 Å². The number of aromatic nitrogens is 1. The lowest BCUT2D eigenvalue weighted by molar-refractivity contribution is -0.155. The topological polar surface area (TPSA) is 63.4 Å². The smallest absolute Gasteiger partial charge is 0.351 e. The molecule has 1 aromatic carbocycles. The molecule has 2 aromatic heterocycles. The molecule has 5 nitrogen and oxygen atoms in total. The van der Waals surface area contributed by atoms with Crippen LogP contribution < -0.4 is 4.31 Å². The highest BCUT2D eigenvalue weighted by molar-refractivity contribution is 7.93. The van der Waals surface area contributed by atoms with Gasteiger partial charge in [-0.15, -0.1) is 11.3 Å². The molecule has 0 saturated heterocycles. The van der Waals surface area contributed by atoms with Gasteiger partial charge in [0.1, 0.15) is 10.6 Å². The second-order valence-electron chi connectivity index (χ2n) is 6.06. The highest BCUT2D eigenvalue weighted by Crippen LogP contribution is 2.39. The SMILES string of the molecule is Cc1sc(-c2cc(C(F)(F)F)on2)cc1S(=O)(=O)N1CCc2ccccc21. The molecule has 0 amide bonds. The summed E-state index contributed by atoms with van der Waals surface area (Å²) < 4.78 is 70.1. The lowest BCUT2D eigenvalue weighted by Gasteiger charge is -2.19. The van der Waals surface area contributed by atoms with E-state index in [9.17, 15) is 21.6 Å². The van der Waals surface area contributed by atoms with Gasteiger partial charge in [0.05, 0.1) is 10.6 Å². The van der Waals surface area contributed by atoms with E-state index in [4.69, 9.17) is 0 Å². The van der Waals surface area contributed by atoms with Crippen LogP contribution in [0.4, 0.5) is 18.9 Å². The van der Waals surface area contributed by atoms with Gasteiger partial charge in [-0.3, -0.25) is 4.31 Å². The van der Waals surface area contributed by atoms with E-state index < -0.39 is 22.0 Å². The van der Waals surface area contributed by atoms with Gasteiger partial charge in [-0.1, -0.05) is 23.4 Å². The van der Waals surface area contributed by atoms with E-state index in [1.165, 1.54) is 10.4 Å². The van der Waals surface area contributed by atoms with Crippen molar-refractivity contribution in [3.05, 3.63) is 52.6 Å². The maximum absolute atomic E-state index is 13.1. The summed E-state index contributed by atoms with van der Waals surface area (Å²) in [7, 11) is -3.83. The molecule has 142 valence electrons. The van der Waals surface area contributed by atoms with Crippen LogP contribution in [0.2, 0.25) is 0 Å². The molecule has 0 aliphatic carbocycles. The van der Waals surface area contributed by atoms with Crippen molar-refractivity contribution in [2.24, 2.45) is 0 Å². The lowest BCUT2D eigenvalue weighted by Crippen LogP contribution is -2.29. The molecule has 0 fully saturated rings. The molecule has 10 heteroatoms. The highest BCUT2D eigenvalue weighted by Gasteiger charge is 2.37. The number of alkyl halides is 3. The maximum atomic E-state index is 13.1. The minimum atomic E-state index is -4.65. The Morgan fingerprint density at radius 2 is 1.96 bits per heavy atom. The molecule has 0 atom stereocenters. The normalized spacial score (nSPS) is 14.6.